The summed E-state index contributed by atoms with van der Waals surface area (Å²) in [6.45, 7) is 5.31. The largest absolute Gasteiger partial charge is 0.350 e. The van der Waals surface area contributed by atoms with E-state index in [1.165, 1.54) is 0 Å². The van der Waals surface area contributed by atoms with Crippen molar-refractivity contribution in [3.8, 4) is 0 Å². The molecule has 0 spiro atoms. The number of hydrogen-bond acceptors (Lipinski definition) is 4. The van der Waals surface area contributed by atoms with Gasteiger partial charge in [0.25, 0.3) is 17.7 Å². The first-order valence-corrected chi connectivity index (χ1v) is 10.3. The first-order valence-electron chi connectivity index (χ1n) is 9.88. The van der Waals surface area contributed by atoms with E-state index in [2.05, 4.69) is 5.32 Å². The average Bonchev–Trinajstić information content (AvgIpc) is 3.31. The minimum Gasteiger partial charge on any atom is -0.350 e. The number of carbonyl (C=O) groups is 3. The molecule has 2 aliphatic heterocycles. The molecule has 3 amide bonds. The Morgan fingerprint density at radius 1 is 0.967 bits per heavy atom. The summed E-state index contributed by atoms with van der Waals surface area (Å²) in [5.74, 6) is -1.13. The Morgan fingerprint density at radius 2 is 1.63 bits per heavy atom. The molecular weight excluding hydrogens is 402 g/mol. The lowest BCUT2D eigenvalue weighted by Gasteiger charge is -2.17. The van der Waals surface area contributed by atoms with E-state index in [1.807, 2.05) is 24.8 Å². The zero-order valence-electron chi connectivity index (χ0n) is 16.9. The van der Waals surface area contributed by atoms with Crippen molar-refractivity contribution in [2.45, 2.75) is 26.7 Å². The van der Waals surface area contributed by atoms with Gasteiger partial charge in [-0.2, -0.15) is 0 Å². The molecule has 0 bridgehead atoms. The number of hydrogen-bond donors (Lipinski definition) is 1. The van der Waals surface area contributed by atoms with Crippen LogP contribution in [-0.2, 0) is 9.59 Å². The molecular formula is C23H22ClN3O3. The van der Waals surface area contributed by atoms with Crippen LogP contribution in [0.5, 0.6) is 0 Å². The second-order valence-electron chi connectivity index (χ2n) is 7.69. The molecule has 2 aliphatic rings. The molecule has 0 atom stereocenters. The highest BCUT2D eigenvalue weighted by atomic mass is 35.5. The molecule has 6 nitrogen and oxygen atoms in total. The third kappa shape index (κ3) is 3.71. The van der Waals surface area contributed by atoms with Crippen LogP contribution in [0.1, 0.15) is 34.3 Å². The number of benzene rings is 2. The normalized spacial score (nSPS) is 16.6. The van der Waals surface area contributed by atoms with Gasteiger partial charge in [0.1, 0.15) is 10.7 Å². The maximum Gasteiger partial charge on any atom is 0.283 e. The van der Waals surface area contributed by atoms with Crippen LogP contribution < -0.4 is 10.2 Å². The summed E-state index contributed by atoms with van der Waals surface area (Å²) in [5.41, 5.74) is 3.42. The molecule has 0 unspecified atom stereocenters. The average molecular weight is 424 g/mol. The zero-order valence-corrected chi connectivity index (χ0v) is 17.6. The molecule has 4 rings (SSSR count). The van der Waals surface area contributed by atoms with Gasteiger partial charge in [-0.25, -0.2) is 4.90 Å². The molecule has 1 N–H and O–H groups in total. The summed E-state index contributed by atoms with van der Waals surface area (Å²) in [7, 11) is 0. The Labute approximate surface area is 180 Å². The van der Waals surface area contributed by atoms with Crippen molar-refractivity contribution in [2.75, 3.05) is 23.3 Å². The SMILES string of the molecule is Cc1cc(C)cc(N2C(=O)C(Cl)=C(Nc3cccc(C(=O)N4CCCC4)c3)C2=O)c1. The number of nitrogens with one attached hydrogen (secondary N) is 1. The highest BCUT2D eigenvalue weighted by Gasteiger charge is 2.39. The molecule has 0 aromatic heterocycles. The number of imide groups is 1. The minimum absolute atomic E-state index is 0.00611. The van der Waals surface area contributed by atoms with E-state index in [0.717, 1.165) is 42.0 Å². The summed E-state index contributed by atoms with van der Waals surface area (Å²) in [4.78, 5) is 41.2. The summed E-state index contributed by atoms with van der Waals surface area (Å²) in [5, 5.41) is 2.78. The monoisotopic (exact) mass is 423 g/mol. The van der Waals surface area contributed by atoms with Gasteiger partial charge in [0.15, 0.2) is 0 Å². The van der Waals surface area contributed by atoms with Gasteiger partial charge in [-0.1, -0.05) is 23.7 Å². The number of amides is 3. The van der Waals surface area contributed by atoms with Crippen LogP contribution in [0.3, 0.4) is 0 Å². The van der Waals surface area contributed by atoms with Crippen LogP contribution in [0, 0.1) is 13.8 Å². The van der Waals surface area contributed by atoms with Crippen LogP contribution in [0.25, 0.3) is 0 Å². The fourth-order valence-corrected chi connectivity index (χ4v) is 4.12. The van der Waals surface area contributed by atoms with Crippen molar-refractivity contribution < 1.29 is 14.4 Å². The zero-order chi connectivity index (χ0) is 21.4. The van der Waals surface area contributed by atoms with Crippen LogP contribution in [0.2, 0.25) is 0 Å². The first kappa shape index (κ1) is 20.2. The molecule has 0 saturated carbocycles. The quantitative estimate of drug-likeness (QED) is 0.755. The van der Waals surface area contributed by atoms with Crippen LogP contribution >= 0.6 is 11.6 Å². The van der Waals surface area contributed by atoms with Crippen molar-refractivity contribution in [1.82, 2.24) is 4.90 Å². The van der Waals surface area contributed by atoms with Gasteiger partial charge in [-0.3, -0.25) is 14.4 Å². The predicted molar refractivity (Wildman–Crippen MR) is 116 cm³/mol. The number of aryl methyl sites for hydroxylation is 2. The second kappa shape index (κ2) is 7.95. The van der Waals surface area contributed by atoms with Gasteiger partial charge in [-0.05, 0) is 68.1 Å². The number of halogens is 1. The summed E-state index contributed by atoms with van der Waals surface area (Å²) < 4.78 is 0. The Bertz CT molecular complexity index is 1070. The third-order valence-corrected chi connectivity index (χ3v) is 5.61. The maximum atomic E-state index is 13.0. The lowest BCUT2D eigenvalue weighted by atomic mass is 10.1. The van der Waals surface area contributed by atoms with E-state index in [9.17, 15) is 14.4 Å². The van der Waals surface area contributed by atoms with Gasteiger partial charge in [-0.15, -0.1) is 0 Å². The fourth-order valence-electron chi connectivity index (χ4n) is 3.90. The second-order valence-corrected chi connectivity index (χ2v) is 8.06. The molecule has 30 heavy (non-hydrogen) atoms. The number of likely N-dealkylation sites (tertiary alicyclic amines) is 1. The Morgan fingerprint density at radius 3 is 2.30 bits per heavy atom. The smallest absolute Gasteiger partial charge is 0.283 e. The number of rotatable bonds is 4. The third-order valence-electron chi connectivity index (χ3n) is 5.26. The van der Waals surface area contributed by atoms with E-state index in [-0.39, 0.29) is 16.6 Å². The molecule has 7 heteroatoms. The predicted octanol–water partition coefficient (Wildman–Crippen LogP) is 3.98. The molecule has 1 saturated heterocycles. The molecule has 2 heterocycles. The van der Waals surface area contributed by atoms with Gasteiger partial charge in [0, 0.05) is 24.3 Å². The number of nitrogens with zero attached hydrogens (tertiary/aromatic N) is 2. The first-order chi connectivity index (χ1) is 14.3. The topological polar surface area (TPSA) is 69.7 Å². The fraction of sp³-hybridized carbons (Fsp3) is 0.261. The lowest BCUT2D eigenvalue weighted by Crippen LogP contribution is -2.32. The number of carbonyl (C=O) groups excluding carboxylic acids is 3. The Balaban J connectivity index is 1.59. The summed E-state index contributed by atoms with van der Waals surface area (Å²) >= 11 is 6.23. The minimum atomic E-state index is -0.571. The maximum absolute atomic E-state index is 13.0. The Hall–Kier alpha value is -3.12. The van der Waals surface area contributed by atoms with Crippen molar-refractivity contribution in [3.63, 3.8) is 0 Å². The highest BCUT2D eigenvalue weighted by molar-refractivity contribution is 6.53. The van der Waals surface area contributed by atoms with Crippen molar-refractivity contribution >= 4 is 40.7 Å². The van der Waals surface area contributed by atoms with E-state index in [4.69, 9.17) is 11.6 Å². The molecule has 1 fully saturated rings. The van der Waals surface area contributed by atoms with Gasteiger partial charge < -0.3 is 10.2 Å². The van der Waals surface area contributed by atoms with Crippen molar-refractivity contribution in [1.29, 1.82) is 0 Å². The molecule has 154 valence electrons. The molecule has 2 aromatic rings. The lowest BCUT2D eigenvalue weighted by molar-refractivity contribution is -0.120. The molecule has 0 radical (unpaired) electrons. The Kier molecular flexibility index (Phi) is 5.35. The van der Waals surface area contributed by atoms with Crippen molar-refractivity contribution in [3.05, 3.63) is 69.9 Å². The van der Waals surface area contributed by atoms with E-state index in [0.29, 0.717) is 16.9 Å². The summed E-state index contributed by atoms with van der Waals surface area (Å²) in [6.07, 6.45) is 2.02. The summed E-state index contributed by atoms with van der Waals surface area (Å²) in [6, 6.07) is 12.4. The standard InChI is InChI=1S/C23H22ClN3O3/c1-14-10-15(2)12-18(11-14)27-22(29)19(24)20(23(27)30)25-17-7-5-6-16(13-17)21(28)26-8-3-4-9-26/h5-7,10-13,25H,3-4,8-9H2,1-2H3. The highest BCUT2D eigenvalue weighted by Crippen LogP contribution is 2.31. The molecule has 0 aliphatic carbocycles. The van der Waals surface area contributed by atoms with Gasteiger partial charge in [0.2, 0.25) is 0 Å². The van der Waals surface area contributed by atoms with Crippen LogP contribution in [0.15, 0.2) is 53.2 Å². The van der Waals surface area contributed by atoms with Crippen LogP contribution in [-0.4, -0.2) is 35.7 Å². The van der Waals surface area contributed by atoms with Gasteiger partial charge >= 0.3 is 0 Å². The van der Waals surface area contributed by atoms with E-state index < -0.39 is 11.8 Å². The van der Waals surface area contributed by atoms with E-state index in [1.54, 1.807) is 36.4 Å². The van der Waals surface area contributed by atoms with E-state index >= 15 is 0 Å². The van der Waals surface area contributed by atoms with Crippen molar-refractivity contribution in [2.24, 2.45) is 0 Å². The van der Waals surface area contributed by atoms with Crippen LogP contribution in [0.4, 0.5) is 11.4 Å². The molecule has 2 aromatic carbocycles. The number of anilines is 2. The van der Waals surface area contributed by atoms with Gasteiger partial charge in [0.05, 0.1) is 5.69 Å².